The second kappa shape index (κ2) is 6.05. The van der Waals surface area contributed by atoms with E-state index in [0.29, 0.717) is 11.7 Å². The van der Waals surface area contributed by atoms with Crippen LogP contribution in [0.3, 0.4) is 0 Å². The minimum absolute atomic E-state index is 0.575. The Balaban J connectivity index is 2.04. The molecule has 1 aliphatic rings. The number of nitrogens with two attached hydrogens (primary N) is 1. The van der Waals surface area contributed by atoms with Gasteiger partial charge in [0, 0.05) is 29.1 Å². The SMILES string of the molecule is COc1ccc(-c2nc3c(c(NN)n2)CCCCC3)cn1. The number of hydrogen-bond donors (Lipinski definition) is 2. The zero-order chi connectivity index (χ0) is 14.7. The van der Waals surface area contributed by atoms with Gasteiger partial charge in [-0.3, -0.25) is 0 Å². The van der Waals surface area contributed by atoms with Crippen LogP contribution < -0.4 is 16.0 Å². The van der Waals surface area contributed by atoms with Crippen molar-refractivity contribution in [2.75, 3.05) is 12.5 Å². The Morgan fingerprint density at radius 2 is 2.00 bits per heavy atom. The number of nitrogen functional groups attached to an aromatic ring is 1. The first kappa shape index (κ1) is 13.8. The molecule has 0 atom stereocenters. The van der Waals surface area contributed by atoms with Crippen LogP contribution in [0.15, 0.2) is 18.3 Å². The van der Waals surface area contributed by atoms with E-state index in [1.54, 1.807) is 19.4 Å². The number of hydrogen-bond acceptors (Lipinski definition) is 6. The van der Waals surface area contributed by atoms with Gasteiger partial charge in [0.1, 0.15) is 5.82 Å². The summed E-state index contributed by atoms with van der Waals surface area (Å²) in [7, 11) is 1.59. The topological polar surface area (TPSA) is 86.0 Å². The molecular weight excluding hydrogens is 266 g/mol. The zero-order valence-corrected chi connectivity index (χ0v) is 12.1. The molecule has 2 aromatic rings. The zero-order valence-electron chi connectivity index (χ0n) is 12.1. The highest BCUT2D eigenvalue weighted by Gasteiger charge is 2.17. The van der Waals surface area contributed by atoms with E-state index in [-0.39, 0.29) is 0 Å². The van der Waals surface area contributed by atoms with Gasteiger partial charge in [-0.25, -0.2) is 20.8 Å². The van der Waals surface area contributed by atoms with Gasteiger partial charge in [0.15, 0.2) is 5.82 Å². The lowest BCUT2D eigenvalue weighted by atomic mass is 10.1. The van der Waals surface area contributed by atoms with Gasteiger partial charge in [-0.15, -0.1) is 0 Å². The maximum atomic E-state index is 5.64. The number of aromatic nitrogens is 3. The van der Waals surface area contributed by atoms with Crippen molar-refractivity contribution < 1.29 is 4.74 Å². The maximum Gasteiger partial charge on any atom is 0.212 e. The molecular formula is C15H19N5O. The summed E-state index contributed by atoms with van der Waals surface area (Å²) >= 11 is 0. The van der Waals surface area contributed by atoms with E-state index in [1.165, 1.54) is 6.42 Å². The number of pyridine rings is 1. The van der Waals surface area contributed by atoms with E-state index < -0.39 is 0 Å². The van der Waals surface area contributed by atoms with Crippen LogP contribution in [0, 0.1) is 0 Å². The minimum Gasteiger partial charge on any atom is -0.481 e. The maximum absolute atomic E-state index is 5.64. The second-order valence-electron chi connectivity index (χ2n) is 5.12. The van der Waals surface area contributed by atoms with Gasteiger partial charge in [-0.2, -0.15) is 0 Å². The van der Waals surface area contributed by atoms with Gasteiger partial charge < -0.3 is 10.2 Å². The largest absolute Gasteiger partial charge is 0.481 e. The molecule has 2 heterocycles. The van der Waals surface area contributed by atoms with Crippen molar-refractivity contribution in [3.8, 4) is 17.3 Å². The lowest BCUT2D eigenvalue weighted by Crippen LogP contribution is -2.14. The number of nitrogens with zero attached hydrogens (tertiary/aromatic N) is 3. The summed E-state index contributed by atoms with van der Waals surface area (Å²) in [5.74, 6) is 7.60. The number of aryl methyl sites for hydroxylation is 1. The normalized spacial score (nSPS) is 14.2. The van der Waals surface area contributed by atoms with Crippen molar-refractivity contribution in [2.24, 2.45) is 5.84 Å². The Hall–Kier alpha value is -2.21. The van der Waals surface area contributed by atoms with E-state index in [0.717, 1.165) is 48.3 Å². The summed E-state index contributed by atoms with van der Waals surface area (Å²) in [6, 6.07) is 3.71. The van der Waals surface area contributed by atoms with Crippen LogP contribution in [-0.4, -0.2) is 22.1 Å². The standard InChI is InChI=1S/C15H19N5O/c1-21-13-8-7-10(9-17-13)14-18-12-6-4-2-3-5-11(12)15(19-14)20-16/h7-9H,2-6,16H2,1H3,(H,18,19,20). The molecule has 0 fully saturated rings. The molecule has 0 aliphatic heterocycles. The van der Waals surface area contributed by atoms with Crippen LogP contribution in [-0.2, 0) is 12.8 Å². The molecule has 0 amide bonds. The molecule has 1 aliphatic carbocycles. The smallest absolute Gasteiger partial charge is 0.212 e. The first-order valence-corrected chi connectivity index (χ1v) is 7.18. The average molecular weight is 285 g/mol. The van der Waals surface area contributed by atoms with Gasteiger partial charge in [0.2, 0.25) is 5.88 Å². The molecule has 0 saturated carbocycles. The first-order chi connectivity index (χ1) is 10.3. The Morgan fingerprint density at radius 3 is 2.71 bits per heavy atom. The van der Waals surface area contributed by atoms with E-state index in [1.807, 2.05) is 6.07 Å². The van der Waals surface area contributed by atoms with Crippen LogP contribution in [0.2, 0.25) is 0 Å². The fourth-order valence-electron chi connectivity index (χ4n) is 2.65. The van der Waals surface area contributed by atoms with E-state index in [9.17, 15) is 0 Å². The summed E-state index contributed by atoms with van der Waals surface area (Å²) in [5, 5.41) is 0. The fraction of sp³-hybridized carbons (Fsp3) is 0.400. The summed E-state index contributed by atoms with van der Waals surface area (Å²) in [6.07, 6.45) is 7.22. The molecule has 6 nitrogen and oxygen atoms in total. The quantitative estimate of drug-likeness (QED) is 0.510. The molecule has 0 bridgehead atoms. The summed E-state index contributed by atoms with van der Waals surface area (Å²) in [5.41, 5.74) is 5.83. The molecule has 110 valence electrons. The predicted octanol–water partition coefficient (Wildman–Crippen LogP) is 2.10. The highest BCUT2D eigenvalue weighted by molar-refractivity contribution is 5.59. The van der Waals surface area contributed by atoms with E-state index in [4.69, 9.17) is 15.6 Å². The van der Waals surface area contributed by atoms with Crippen LogP contribution >= 0.6 is 0 Å². The highest BCUT2D eigenvalue weighted by atomic mass is 16.5. The number of anilines is 1. The molecule has 3 rings (SSSR count). The van der Waals surface area contributed by atoms with Gasteiger partial charge in [-0.1, -0.05) is 6.42 Å². The molecule has 0 saturated heterocycles. The van der Waals surface area contributed by atoms with Crippen molar-refractivity contribution in [1.29, 1.82) is 0 Å². The van der Waals surface area contributed by atoms with Crippen molar-refractivity contribution in [3.05, 3.63) is 29.6 Å². The number of rotatable bonds is 3. The Kier molecular flexibility index (Phi) is 3.96. The number of methoxy groups -OCH3 is 1. The highest BCUT2D eigenvalue weighted by Crippen LogP contribution is 2.27. The molecule has 6 heteroatoms. The fourth-order valence-corrected chi connectivity index (χ4v) is 2.65. The second-order valence-corrected chi connectivity index (χ2v) is 5.12. The van der Waals surface area contributed by atoms with Crippen molar-refractivity contribution >= 4 is 5.82 Å². The summed E-state index contributed by atoms with van der Waals surface area (Å²) in [4.78, 5) is 13.5. The molecule has 0 spiro atoms. The van der Waals surface area contributed by atoms with Crippen LogP contribution in [0.5, 0.6) is 5.88 Å². The minimum atomic E-state index is 0.575. The van der Waals surface area contributed by atoms with Gasteiger partial charge in [0.05, 0.1) is 7.11 Å². The Labute approximate surface area is 123 Å². The Bertz CT molecular complexity index is 627. The number of fused-ring (bicyclic) bond motifs is 1. The predicted molar refractivity (Wildman–Crippen MR) is 80.9 cm³/mol. The van der Waals surface area contributed by atoms with Crippen molar-refractivity contribution in [3.63, 3.8) is 0 Å². The Morgan fingerprint density at radius 1 is 1.14 bits per heavy atom. The third-order valence-corrected chi connectivity index (χ3v) is 3.77. The molecule has 0 unspecified atom stereocenters. The average Bonchev–Trinajstić information content (AvgIpc) is 2.79. The number of ether oxygens (including phenoxy) is 1. The van der Waals surface area contributed by atoms with Gasteiger partial charge in [0.25, 0.3) is 0 Å². The summed E-state index contributed by atoms with van der Waals surface area (Å²) < 4.78 is 5.07. The molecule has 21 heavy (non-hydrogen) atoms. The van der Waals surface area contributed by atoms with Gasteiger partial charge >= 0.3 is 0 Å². The molecule has 3 N–H and O–H groups in total. The summed E-state index contributed by atoms with van der Waals surface area (Å²) in [6.45, 7) is 0. The molecule has 0 radical (unpaired) electrons. The van der Waals surface area contributed by atoms with Gasteiger partial charge in [-0.05, 0) is 31.7 Å². The van der Waals surface area contributed by atoms with Crippen LogP contribution in [0.25, 0.3) is 11.4 Å². The van der Waals surface area contributed by atoms with Crippen molar-refractivity contribution in [2.45, 2.75) is 32.1 Å². The molecule has 2 aromatic heterocycles. The van der Waals surface area contributed by atoms with Crippen LogP contribution in [0.1, 0.15) is 30.5 Å². The van der Waals surface area contributed by atoms with E-state index >= 15 is 0 Å². The third-order valence-electron chi connectivity index (χ3n) is 3.77. The number of hydrazine groups is 1. The lowest BCUT2D eigenvalue weighted by Gasteiger charge is -2.12. The number of nitrogens with one attached hydrogen (secondary N) is 1. The molecule has 0 aromatic carbocycles. The van der Waals surface area contributed by atoms with Crippen LogP contribution in [0.4, 0.5) is 5.82 Å². The third kappa shape index (κ3) is 2.80. The van der Waals surface area contributed by atoms with E-state index in [2.05, 4.69) is 15.4 Å². The lowest BCUT2D eigenvalue weighted by molar-refractivity contribution is 0.398. The monoisotopic (exact) mass is 285 g/mol. The van der Waals surface area contributed by atoms with Crippen molar-refractivity contribution in [1.82, 2.24) is 15.0 Å². The first-order valence-electron chi connectivity index (χ1n) is 7.18.